The first kappa shape index (κ1) is 13.6. The number of thioether (sulfide) groups is 1. The molecule has 0 radical (unpaired) electrons. The highest BCUT2D eigenvalue weighted by atomic mass is 32.2. The lowest BCUT2D eigenvalue weighted by atomic mass is 10.0. The smallest absolute Gasteiger partial charge is 0.164 e. The second-order valence-electron chi connectivity index (χ2n) is 4.65. The molecule has 0 N–H and O–H groups in total. The van der Waals surface area contributed by atoms with Gasteiger partial charge in [-0.05, 0) is 38.0 Å². The molecule has 1 aliphatic heterocycles. The first-order valence-corrected chi connectivity index (χ1v) is 7.81. The normalized spacial score (nSPS) is 19.1. The van der Waals surface area contributed by atoms with Gasteiger partial charge >= 0.3 is 0 Å². The van der Waals surface area contributed by atoms with E-state index in [2.05, 4.69) is 0 Å². The van der Waals surface area contributed by atoms with E-state index in [4.69, 9.17) is 4.74 Å². The summed E-state index contributed by atoms with van der Waals surface area (Å²) in [5.41, 5.74) is 0.873. The second-order valence-corrected chi connectivity index (χ2v) is 5.50. The van der Waals surface area contributed by atoms with Gasteiger partial charge in [0.05, 0.1) is 6.10 Å². The lowest BCUT2D eigenvalue weighted by Gasteiger charge is -2.09. The minimum Gasteiger partial charge on any atom is -0.378 e. The Labute approximate surface area is 113 Å². The number of ketones is 1. The number of carbonyl (C=O) groups excluding carboxylic acids is 1. The van der Waals surface area contributed by atoms with Crippen LogP contribution in [0.25, 0.3) is 0 Å². The van der Waals surface area contributed by atoms with Crippen LogP contribution in [0.2, 0.25) is 0 Å². The van der Waals surface area contributed by atoms with Crippen LogP contribution in [0.5, 0.6) is 0 Å². The maximum atomic E-state index is 12.1. The third kappa shape index (κ3) is 3.59. The summed E-state index contributed by atoms with van der Waals surface area (Å²) in [6.07, 6.45) is 7.34. The van der Waals surface area contributed by atoms with Crippen LogP contribution in [0.1, 0.15) is 42.5 Å². The van der Waals surface area contributed by atoms with Gasteiger partial charge in [-0.25, -0.2) is 0 Å². The largest absolute Gasteiger partial charge is 0.378 e. The molecule has 1 heterocycles. The van der Waals surface area contributed by atoms with Crippen LogP contribution in [0, 0.1) is 0 Å². The Hall–Kier alpha value is -0.800. The van der Waals surface area contributed by atoms with Crippen molar-refractivity contribution in [2.75, 3.05) is 12.9 Å². The Kier molecular flexibility index (Phi) is 5.26. The number of rotatable bonds is 6. The van der Waals surface area contributed by atoms with Gasteiger partial charge < -0.3 is 4.74 Å². The molecular weight excluding hydrogens is 244 g/mol. The summed E-state index contributed by atoms with van der Waals surface area (Å²) in [6, 6.07) is 7.86. The van der Waals surface area contributed by atoms with Crippen LogP contribution in [-0.4, -0.2) is 24.7 Å². The van der Waals surface area contributed by atoms with Gasteiger partial charge in [0.15, 0.2) is 5.78 Å². The summed E-state index contributed by atoms with van der Waals surface area (Å²) in [6.45, 7) is 0.897. The van der Waals surface area contributed by atoms with Gasteiger partial charge in [-0.1, -0.05) is 18.2 Å². The highest BCUT2D eigenvalue weighted by Crippen LogP contribution is 2.23. The summed E-state index contributed by atoms with van der Waals surface area (Å²) in [4.78, 5) is 13.2. The van der Waals surface area contributed by atoms with Gasteiger partial charge in [0.2, 0.25) is 0 Å². The SMILES string of the molecule is CSc1ccccc1C(=O)CCCC1CCCO1. The zero-order valence-electron chi connectivity index (χ0n) is 10.9. The molecule has 18 heavy (non-hydrogen) atoms. The van der Waals surface area contributed by atoms with E-state index in [1.54, 1.807) is 11.8 Å². The van der Waals surface area contributed by atoms with Crippen LogP contribution in [-0.2, 0) is 4.74 Å². The van der Waals surface area contributed by atoms with Crippen molar-refractivity contribution in [1.29, 1.82) is 0 Å². The molecule has 1 unspecified atom stereocenters. The minimum absolute atomic E-state index is 0.262. The molecule has 0 spiro atoms. The van der Waals surface area contributed by atoms with E-state index < -0.39 is 0 Å². The second kappa shape index (κ2) is 6.95. The minimum atomic E-state index is 0.262. The van der Waals surface area contributed by atoms with Crippen LogP contribution in [0.3, 0.4) is 0 Å². The molecule has 1 atom stereocenters. The van der Waals surface area contributed by atoms with E-state index in [0.29, 0.717) is 12.5 Å². The highest BCUT2D eigenvalue weighted by Gasteiger charge is 2.16. The quantitative estimate of drug-likeness (QED) is 0.575. The molecule has 0 amide bonds. The van der Waals surface area contributed by atoms with Crippen molar-refractivity contribution >= 4 is 17.5 Å². The maximum absolute atomic E-state index is 12.1. The molecule has 1 aliphatic rings. The van der Waals surface area contributed by atoms with E-state index in [9.17, 15) is 4.79 Å². The van der Waals surface area contributed by atoms with Crippen molar-refractivity contribution in [3.8, 4) is 0 Å². The number of benzene rings is 1. The van der Waals surface area contributed by atoms with Gasteiger partial charge in [-0.2, -0.15) is 0 Å². The Morgan fingerprint density at radius 3 is 3.00 bits per heavy atom. The molecule has 0 saturated carbocycles. The van der Waals surface area contributed by atoms with Gasteiger partial charge in [0.1, 0.15) is 0 Å². The number of hydrogen-bond donors (Lipinski definition) is 0. The van der Waals surface area contributed by atoms with Crippen molar-refractivity contribution in [3.63, 3.8) is 0 Å². The predicted molar refractivity (Wildman–Crippen MR) is 75.4 cm³/mol. The first-order chi connectivity index (χ1) is 8.81. The van der Waals surface area contributed by atoms with Gasteiger partial charge in [-0.3, -0.25) is 4.79 Å². The lowest BCUT2D eigenvalue weighted by Crippen LogP contribution is -2.07. The van der Waals surface area contributed by atoms with Crippen LogP contribution in [0.15, 0.2) is 29.2 Å². The standard InChI is InChI=1S/C15H20O2S/c1-18-15-10-3-2-8-13(15)14(16)9-4-6-12-7-5-11-17-12/h2-3,8,10,12H,4-7,9,11H2,1H3. The van der Waals surface area contributed by atoms with Crippen molar-refractivity contribution in [2.24, 2.45) is 0 Å². The van der Waals surface area contributed by atoms with Gasteiger partial charge in [0, 0.05) is 23.5 Å². The Morgan fingerprint density at radius 1 is 1.44 bits per heavy atom. The highest BCUT2D eigenvalue weighted by molar-refractivity contribution is 7.98. The molecule has 98 valence electrons. The van der Waals surface area contributed by atoms with Crippen molar-refractivity contribution in [2.45, 2.75) is 43.1 Å². The van der Waals surface area contributed by atoms with E-state index in [-0.39, 0.29) is 5.78 Å². The number of carbonyl (C=O) groups is 1. The monoisotopic (exact) mass is 264 g/mol. The zero-order chi connectivity index (χ0) is 12.8. The predicted octanol–water partition coefficient (Wildman–Crippen LogP) is 3.94. The zero-order valence-corrected chi connectivity index (χ0v) is 11.7. The van der Waals surface area contributed by atoms with E-state index >= 15 is 0 Å². The number of Topliss-reactive ketones (excluding diaryl/α,β-unsaturated/α-hetero) is 1. The molecule has 0 bridgehead atoms. The van der Waals surface area contributed by atoms with E-state index in [1.807, 2.05) is 30.5 Å². The van der Waals surface area contributed by atoms with Crippen LogP contribution < -0.4 is 0 Å². The molecule has 1 aromatic rings. The van der Waals surface area contributed by atoms with Gasteiger partial charge in [-0.15, -0.1) is 11.8 Å². The molecule has 1 aromatic carbocycles. The topological polar surface area (TPSA) is 26.3 Å². The Morgan fingerprint density at radius 2 is 2.28 bits per heavy atom. The molecule has 1 saturated heterocycles. The average Bonchev–Trinajstić information content (AvgIpc) is 2.91. The summed E-state index contributed by atoms with van der Waals surface area (Å²) in [5.74, 6) is 0.262. The van der Waals surface area contributed by atoms with Crippen molar-refractivity contribution in [1.82, 2.24) is 0 Å². The fourth-order valence-electron chi connectivity index (χ4n) is 2.37. The molecule has 1 fully saturated rings. The first-order valence-electron chi connectivity index (χ1n) is 6.59. The third-order valence-electron chi connectivity index (χ3n) is 3.36. The summed E-state index contributed by atoms with van der Waals surface area (Å²) in [7, 11) is 0. The van der Waals surface area contributed by atoms with Crippen LogP contribution >= 0.6 is 11.8 Å². The number of hydrogen-bond acceptors (Lipinski definition) is 3. The summed E-state index contributed by atoms with van der Waals surface area (Å²) < 4.78 is 5.57. The molecule has 0 aliphatic carbocycles. The molecule has 2 rings (SSSR count). The van der Waals surface area contributed by atoms with Crippen molar-refractivity contribution < 1.29 is 9.53 Å². The number of ether oxygens (including phenoxy) is 1. The summed E-state index contributed by atoms with van der Waals surface area (Å²) >= 11 is 1.64. The van der Waals surface area contributed by atoms with Crippen LogP contribution in [0.4, 0.5) is 0 Å². The molecule has 2 nitrogen and oxygen atoms in total. The fraction of sp³-hybridized carbons (Fsp3) is 0.533. The Bertz CT molecular complexity index is 397. The Balaban J connectivity index is 1.83. The maximum Gasteiger partial charge on any atom is 0.164 e. The molecular formula is C15H20O2S. The van der Waals surface area contributed by atoms with E-state index in [1.165, 1.54) is 6.42 Å². The third-order valence-corrected chi connectivity index (χ3v) is 4.16. The average molecular weight is 264 g/mol. The van der Waals surface area contributed by atoms with Gasteiger partial charge in [0.25, 0.3) is 0 Å². The fourth-order valence-corrected chi connectivity index (χ4v) is 2.99. The lowest BCUT2D eigenvalue weighted by molar-refractivity contribution is 0.0921. The molecule has 0 aromatic heterocycles. The van der Waals surface area contributed by atoms with Crippen molar-refractivity contribution in [3.05, 3.63) is 29.8 Å². The molecule has 3 heteroatoms. The van der Waals surface area contributed by atoms with E-state index in [0.717, 1.165) is 36.3 Å². The summed E-state index contributed by atoms with van der Waals surface area (Å²) in [5, 5.41) is 0.